The Kier molecular flexibility index (Phi) is 4.21. The van der Waals surface area contributed by atoms with Gasteiger partial charge in [-0.25, -0.2) is 0 Å². The van der Waals surface area contributed by atoms with Gasteiger partial charge >= 0.3 is 0 Å². The number of ether oxygens (including phenoxy) is 1. The van der Waals surface area contributed by atoms with Gasteiger partial charge < -0.3 is 9.84 Å². The van der Waals surface area contributed by atoms with Crippen LogP contribution in [0.1, 0.15) is 6.92 Å². The SMILES string of the molecule is C#CCSc1ccc(OCC)c(O)c1. The number of phenols is 1. The first-order chi connectivity index (χ1) is 6.77. The summed E-state index contributed by atoms with van der Waals surface area (Å²) in [5, 5.41) is 9.53. The van der Waals surface area contributed by atoms with Gasteiger partial charge in [0.2, 0.25) is 0 Å². The maximum atomic E-state index is 9.53. The summed E-state index contributed by atoms with van der Waals surface area (Å²) in [6.45, 7) is 2.42. The molecule has 2 nitrogen and oxygen atoms in total. The molecule has 0 aliphatic carbocycles. The van der Waals surface area contributed by atoms with Crippen molar-refractivity contribution in [1.29, 1.82) is 0 Å². The molecule has 74 valence electrons. The summed E-state index contributed by atoms with van der Waals surface area (Å²) < 4.78 is 5.20. The predicted molar refractivity (Wildman–Crippen MR) is 58.8 cm³/mol. The van der Waals surface area contributed by atoms with Crippen LogP contribution < -0.4 is 4.74 Å². The minimum Gasteiger partial charge on any atom is -0.504 e. The number of benzene rings is 1. The molecular weight excluding hydrogens is 196 g/mol. The largest absolute Gasteiger partial charge is 0.504 e. The van der Waals surface area contributed by atoms with Crippen LogP contribution in [-0.4, -0.2) is 17.5 Å². The summed E-state index contributed by atoms with van der Waals surface area (Å²) >= 11 is 1.51. The molecule has 0 fully saturated rings. The maximum absolute atomic E-state index is 9.53. The summed E-state index contributed by atoms with van der Waals surface area (Å²) in [7, 11) is 0. The first-order valence-corrected chi connectivity index (χ1v) is 5.28. The van der Waals surface area contributed by atoms with Crippen LogP contribution in [-0.2, 0) is 0 Å². The van der Waals surface area contributed by atoms with E-state index >= 15 is 0 Å². The van der Waals surface area contributed by atoms with Crippen molar-refractivity contribution >= 4 is 11.8 Å². The molecule has 0 heterocycles. The van der Waals surface area contributed by atoms with E-state index in [1.807, 2.05) is 13.0 Å². The van der Waals surface area contributed by atoms with E-state index in [-0.39, 0.29) is 5.75 Å². The van der Waals surface area contributed by atoms with E-state index in [0.29, 0.717) is 18.1 Å². The molecule has 1 aromatic rings. The Balaban J connectivity index is 2.74. The third-order valence-electron chi connectivity index (χ3n) is 1.55. The number of hydrogen-bond donors (Lipinski definition) is 1. The van der Waals surface area contributed by atoms with Crippen molar-refractivity contribution in [2.24, 2.45) is 0 Å². The lowest BCUT2D eigenvalue weighted by Crippen LogP contribution is -1.91. The molecule has 0 saturated carbocycles. The Morgan fingerprint density at radius 1 is 1.57 bits per heavy atom. The molecular formula is C11H12O2S. The molecule has 0 aromatic heterocycles. The van der Waals surface area contributed by atoms with Gasteiger partial charge in [-0.2, -0.15) is 0 Å². The monoisotopic (exact) mass is 208 g/mol. The molecule has 0 spiro atoms. The Hall–Kier alpha value is -1.27. The van der Waals surface area contributed by atoms with Gasteiger partial charge in [0.1, 0.15) is 0 Å². The molecule has 3 heteroatoms. The van der Waals surface area contributed by atoms with Crippen LogP contribution >= 0.6 is 11.8 Å². The number of aromatic hydroxyl groups is 1. The average Bonchev–Trinajstić information content (AvgIpc) is 2.19. The number of rotatable bonds is 4. The van der Waals surface area contributed by atoms with Crippen LogP contribution in [0.15, 0.2) is 23.1 Å². The molecule has 0 saturated heterocycles. The number of hydrogen-bond acceptors (Lipinski definition) is 3. The maximum Gasteiger partial charge on any atom is 0.160 e. The minimum absolute atomic E-state index is 0.161. The minimum atomic E-state index is 0.161. The second-order valence-corrected chi connectivity index (χ2v) is 3.60. The summed E-state index contributed by atoms with van der Waals surface area (Å²) in [5.74, 6) is 3.80. The van der Waals surface area contributed by atoms with Gasteiger partial charge in [0.15, 0.2) is 11.5 Å². The number of terminal acetylenes is 1. The van der Waals surface area contributed by atoms with E-state index in [2.05, 4.69) is 5.92 Å². The fourth-order valence-electron chi connectivity index (χ4n) is 0.990. The molecule has 0 bridgehead atoms. The molecule has 14 heavy (non-hydrogen) atoms. The second-order valence-electron chi connectivity index (χ2n) is 2.56. The van der Waals surface area contributed by atoms with Gasteiger partial charge in [-0.3, -0.25) is 0 Å². The van der Waals surface area contributed by atoms with E-state index in [4.69, 9.17) is 11.2 Å². The lowest BCUT2D eigenvalue weighted by Gasteiger charge is -2.06. The zero-order valence-electron chi connectivity index (χ0n) is 7.99. The third kappa shape index (κ3) is 2.90. The van der Waals surface area contributed by atoms with E-state index in [1.54, 1.807) is 12.1 Å². The molecule has 0 radical (unpaired) electrons. The predicted octanol–water partition coefficient (Wildman–Crippen LogP) is 2.52. The van der Waals surface area contributed by atoms with Crippen LogP contribution in [0.2, 0.25) is 0 Å². The molecule has 1 N–H and O–H groups in total. The van der Waals surface area contributed by atoms with Gasteiger partial charge in [0, 0.05) is 4.90 Å². The number of phenolic OH excluding ortho intramolecular Hbond substituents is 1. The molecule has 1 aromatic carbocycles. The lowest BCUT2D eigenvalue weighted by molar-refractivity contribution is 0.317. The van der Waals surface area contributed by atoms with Crippen LogP contribution in [0.5, 0.6) is 11.5 Å². The first-order valence-electron chi connectivity index (χ1n) is 4.30. The van der Waals surface area contributed by atoms with E-state index < -0.39 is 0 Å². The highest BCUT2D eigenvalue weighted by atomic mass is 32.2. The fourth-order valence-corrected chi connectivity index (χ4v) is 1.60. The Morgan fingerprint density at radius 2 is 2.36 bits per heavy atom. The highest BCUT2D eigenvalue weighted by molar-refractivity contribution is 7.99. The van der Waals surface area contributed by atoms with Crippen LogP contribution in [0.3, 0.4) is 0 Å². The van der Waals surface area contributed by atoms with E-state index in [9.17, 15) is 5.11 Å². The second kappa shape index (κ2) is 5.46. The summed E-state index contributed by atoms with van der Waals surface area (Å²) in [6.07, 6.45) is 5.13. The van der Waals surface area contributed by atoms with Gasteiger partial charge in [-0.1, -0.05) is 5.92 Å². The molecule has 0 aliphatic heterocycles. The molecule has 1 rings (SSSR count). The van der Waals surface area contributed by atoms with Crippen molar-refractivity contribution in [2.75, 3.05) is 12.4 Å². The Morgan fingerprint density at radius 3 is 2.93 bits per heavy atom. The average molecular weight is 208 g/mol. The van der Waals surface area contributed by atoms with Crippen LogP contribution in [0, 0.1) is 12.3 Å². The zero-order valence-corrected chi connectivity index (χ0v) is 8.80. The third-order valence-corrected chi connectivity index (χ3v) is 2.45. The molecule has 0 amide bonds. The quantitative estimate of drug-likeness (QED) is 0.609. The summed E-state index contributed by atoms with van der Waals surface area (Å²) in [5.41, 5.74) is 0. The topological polar surface area (TPSA) is 29.5 Å². The van der Waals surface area contributed by atoms with Crippen molar-refractivity contribution < 1.29 is 9.84 Å². The summed E-state index contributed by atoms with van der Waals surface area (Å²) in [4.78, 5) is 0.948. The fraction of sp³-hybridized carbons (Fsp3) is 0.273. The zero-order chi connectivity index (χ0) is 10.4. The van der Waals surface area contributed by atoms with E-state index in [1.165, 1.54) is 11.8 Å². The Bertz CT molecular complexity index is 342. The molecule has 0 aliphatic rings. The van der Waals surface area contributed by atoms with E-state index in [0.717, 1.165) is 4.90 Å². The van der Waals surface area contributed by atoms with Crippen molar-refractivity contribution in [3.63, 3.8) is 0 Å². The lowest BCUT2D eigenvalue weighted by atomic mass is 10.3. The Labute approximate surface area is 88.3 Å². The van der Waals surface area contributed by atoms with Crippen LogP contribution in [0.25, 0.3) is 0 Å². The molecule has 0 unspecified atom stereocenters. The van der Waals surface area contributed by atoms with Crippen molar-refractivity contribution in [3.05, 3.63) is 18.2 Å². The standard InChI is InChI=1S/C11H12O2S/c1-3-7-14-9-5-6-11(13-4-2)10(12)8-9/h1,5-6,8,12H,4,7H2,2H3. The molecule has 0 atom stereocenters. The van der Waals surface area contributed by atoms with Gasteiger partial charge in [0.25, 0.3) is 0 Å². The highest BCUT2D eigenvalue weighted by Crippen LogP contribution is 2.30. The van der Waals surface area contributed by atoms with Crippen molar-refractivity contribution in [2.45, 2.75) is 11.8 Å². The number of thioether (sulfide) groups is 1. The van der Waals surface area contributed by atoms with Crippen LogP contribution in [0.4, 0.5) is 0 Å². The van der Waals surface area contributed by atoms with Gasteiger partial charge in [0.05, 0.1) is 12.4 Å². The normalized spacial score (nSPS) is 9.43. The van der Waals surface area contributed by atoms with Gasteiger partial charge in [-0.05, 0) is 25.1 Å². The summed E-state index contributed by atoms with van der Waals surface area (Å²) in [6, 6.07) is 5.29. The highest BCUT2D eigenvalue weighted by Gasteiger charge is 2.02. The first kappa shape index (κ1) is 10.8. The van der Waals surface area contributed by atoms with Crippen molar-refractivity contribution in [3.8, 4) is 23.8 Å². The van der Waals surface area contributed by atoms with Gasteiger partial charge in [-0.15, -0.1) is 18.2 Å². The smallest absolute Gasteiger partial charge is 0.160 e. The van der Waals surface area contributed by atoms with Crippen molar-refractivity contribution in [1.82, 2.24) is 0 Å².